The van der Waals surface area contributed by atoms with E-state index in [1.807, 2.05) is 36.4 Å². The first kappa shape index (κ1) is 15.4. The van der Waals surface area contributed by atoms with Crippen molar-refractivity contribution in [3.63, 3.8) is 0 Å². The smallest absolute Gasteiger partial charge is 0.291 e. The molecule has 1 N–H and O–H groups in total. The summed E-state index contributed by atoms with van der Waals surface area (Å²) in [6, 6.07) is 21.3. The number of amides is 1. The van der Waals surface area contributed by atoms with E-state index in [9.17, 15) is 4.79 Å². The molecule has 0 saturated carbocycles. The molecule has 0 aliphatic heterocycles. The van der Waals surface area contributed by atoms with Crippen molar-refractivity contribution >= 4 is 23.4 Å². The maximum Gasteiger partial charge on any atom is 0.291 e. The van der Waals surface area contributed by atoms with E-state index in [-0.39, 0.29) is 5.91 Å². The van der Waals surface area contributed by atoms with Crippen molar-refractivity contribution in [2.45, 2.75) is 17.6 Å². The number of nitrogens with one attached hydrogen (secondary N) is 1. The van der Waals surface area contributed by atoms with E-state index in [1.54, 1.807) is 17.8 Å². The van der Waals surface area contributed by atoms with Crippen LogP contribution in [0.1, 0.15) is 21.9 Å². The zero-order chi connectivity index (χ0) is 16.1. The molecule has 0 fully saturated rings. The number of para-hydroxylation sites is 1. The third-order valence-corrected chi connectivity index (χ3v) is 4.35. The fourth-order valence-corrected chi connectivity index (χ4v) is 2.87. The molecule has 1 amide bonds. The lowest BCUT2D eigenvalue weighted by atomic mass is 10.2. The quantitative estimate of drug-likeness (QED) is 0.662. The Labute approximate surface area is 139 Å². The number of rotatable bonds is 5. The third kappa shape index (κ3) is 4.27. The standard InChI is InChI=1S/C19H17NO2S/c1-14-7-10-17(11-8-14)23-13-16-9-12-18(22-16)19(21)20-15-5-3-2-4-6-15/h2-12H,13H2,1H3,(H,20,21). The van der Waals surface area contributed by atoms with Crippen molar-refractivity contribution < 1.29 is 9.21 Å². The summed E-state index contributed by atoms with van der Waals surface area (Å²) in [5.74, 6) is 1.58. The lowest BCUT2D eigenvalue weighted by Gasteiger charge is -2.02. The topological polar surface area (TPSA) is 42.2 Å². The Kier molecular flexibility index (Phi) is 4.83. The molecule has 0 aliphatic carbocycles. The van der Waals surface area contributed by atoms with Gasteiger partial charge in [-0.2, -0.15) is 0 Å². The number of thioether (sulfide) groups is 1. The van der Waals surface area contributed by atoms with Crippen LogP contribution in [0.3, 0.4) is 0 Å². The Morgan fingerprint density at radius 2 is 1.74 bits per heavy atom. The number of hydrogen-bond acceptors (Lipinski definition) is 3. The lowest BCUT2D eigenvalue weighted by Crippen LogP contribution is -2.10. The van der Waals surface area contributed by atoms with Gasteiger partial charge in [-0.05, 0) is 43.3 Å². The van der Waals surface area contributed by atoms with Crippen LogP contribution >= 0.6 is 11.8 Å². The number of benzene rings is 2. The molecule has 116 valence electrons. The summed E-state index contributed by atoms with van der Waals surface area (Å²) < 4.78 is 5.63. The van der Waals surface area contributed by atoms with Crippen LogP contribution < -0.4 is 5.32 Å². The minimum atomic E-state index is -0.234. The van der Waals surface area contributed by atoms with Crippen molar-refractivity contribution in [3.05, 3.63) is 83.8 Å². The molecule has 23 heavy (non-hydrogen) atoms. The molecule has 0 bridgehead atoms. The molecule has 0 saturated heterocycles. The monoisotopic (exact) mass is 323 g/mol. The highest BCUT2D eigenvalue weighted by Gasteiger charge is 2.11. The Balaban J connectivity index is 1.59. The van der Waals surface area contributed by atoms with Gasteiger partial charge in [0.2, 0.25) is 0 Å². The van der Waals surface area contributed by atoms with Gasteiger partial charge >= 0.3 is 0 Å². The molecular formula is C19H17NO2S. The Morgan fingerprint density at radius 1 is 1.00 bits per heavy atom. The summed E-state index contributed by atoms with van der Waals surface area (Å²) in [5.41, 5.74) is 2.00. The fraction of sp³-hybridized carbons (Fsp3) is 0.105. The van der Waals surface area contributed by atoms with E-state index in [1.165, 1.54) is 10.5 Å². The van der Waals surface area contributed by atoms with E-state index in [0.29, 0.717) is 11.5 Å². The average molecular weight is 323 g/mol. The largest absolute Gasteiger partial charge is 0.455 e. The van der Waals surface area contributed by atoms with Gasteiger partial charge in [0.1, 0.15) is 5.76 Å². The first-order valence-corrected chi connectivity index (χ1v) is 8.34. The molecule has 1 heterocycles. The molecule has 4 heteroatoms. The number of hydrogen-bond donors (Lipinski definition) is 1. The van der Waals surface area contributed by atoms with Crippen LogP contribution in [0.2, 0.25) is 0 Å². The van der Waals surface area contributed by atoms with Crippen LogP contribution in [0.5, 0.6) is 0 Å². The maximum absolute atomic E-state index is 12.1. The maximum atomic E-state index is 12.1. The predicted molar refractivity (Wildman–Crippen MR) is 93.8 cm³/mol. The van der Waals surface area contributed by atoms with Gasteiger partial charge in [0.05, 0.1) is 5.75 Å². The zero-order valence-corrected chi connectivity index (χ0v) is 13.6. The first-order valence-electron chi connectivity index (χ1n) is 7.35. The summed E-state index contributed by atoms with van der Waals surface area (Å²) in [6.07, 6.45) is 0. The highest BCUT2D eigenvalue weighted by molar-refractivity contribution is 7.98. The molecule has 3 aromatic rings. The van der Waals surface area contributed by atoms with Crippen molar-refractivity contribution in [3.8, 4) is 0 Å². The van der Waals surface area contributed by atoms with E-state index in [0.717, 1.165) is 11.4 Å². The molecule has 0 radical (unpaired) electrons. The number of carbonyl (C=O) groups is 1. The summed E-state index contributed by atoms with van der Waals surface area (Å²) in [7, 11) is 0. The normalized spacial score (nSPS) is 10.5. The van der Waals surface area contributed by atoms with Gasteiger partial charge in [-0.15, -0.1) is 11.8 Å². The molecule has 0 unspecified atom stereocenters. The van der Waals surface area contributed by atoms with E-state index in [4.69, 9.17) is 4.42 Å². The zero-order valence-electron chi connectivity index (χ0n) is 12.8. The van der Waals surface area contributed by atoms with Gasteiger partial charge in [0, 0.05) is 10.6 Å². The average Bonchev–Trinajstić information content (AvgIpc) is 3.04. The minimum Gasteiger partial charge on any atom is -0.455 e. The molecule has 2 aromatic carbocycles. The van der Waals surface area contributed by atoms with Crippen LogP contribution in [-0.4, -0.2) is 5.91 Å². The Bertz CT molecular complexity index is 779. The Morgan fingerprint density at radius 3 is 2.48 bits per heavy atom. The van der Waals surface area contributed by atoms with Crippen LogP contribution in [0, 0.1) is 6.92 Å². The van der Waals surface area contributed by atoms with Gasteiger partial charge in [-0.1, -0.05) is 35.9 Å². The van der Waals surface area contributed by atoms with Crippen molar-refractivity contribution in [1.82, 2.24) is 0 Å². The molecular weight excluding hydrogens is 306 g/mol. The van der Waals surface area contributed by atoms with Crippen LogP contribution in [0.25, 0.3) is 0 Å². The van der Waals surface area contributed by atoms with Gasteiger partial charge < -0.3 is 9.73 Å². The van der Waals surface area contributed by atoms with E-state index in [2.05, 4.69) is 36.5 Å². The molecule has 3 nitrogen and oxygen atoms in total. The van der Waals surface area contributed by atoms with Gasteiger partial charge in [-0.3, -0.25) is 4.79 Å². The third-order valence-electron chi connectivity index (χ3n) is 3.32. The first-order chi connectivity index (χ1) is 11.2. The number of carbonyl (C=O) groups excluding carboxylic acids is 1. The summed E-state index contributed by atoms with van der Waals surface area (Å²) in [5, 5.41) is 2.81. The van der Waals surface area contributed by atoms with Crippen LogP contribution in [0.15, 0.2) is 76.0 Å². The molecule has 3 rings (SSSR count). The summed E-state index contributed by atoms with van der Waals surface area (Å²) in [4.78, 5) is 13.3. The second-order valence-electron chi connectivity index (χ2n) is 5.19. The lowest BCUT2D eigenvalue weighted by molar-refractivity contribution is 0.0995. The molecule has 0 aliphatic rings. The van der Waals surface area contributed by atoms with Crippen LogP contribution in [-0.2, 0) is 5.75 Å². The number of furan rings is 1. The van der Waals surface area contributed by atoms with Gasteiger partial charge in [0.25, 0.3) is 5.91 Å². The van der Waals surface area contributed by atoms with E-state index < -0.39 is 0 Å². The predicted octanol–water partition coefficient (Wildman–Crippen LogP) is 5.13. The fourth-order valence-electron chi connectivity index (χ4n) is 2.08. The summed E-state index contributed by atoms with van der Waals surface area (Å²) >= 11 is 1.69. The molecule has 0 atom stereocenters. The highest BCUT2D eigenvalue weighted by Crippen LogP contribution is 2.24. The molecule has 1 aromatic heterocycles. The second-order valence-corrected chi connectivity index (χ2v) is 6.24. The van der Waals surface area contributed by atoms with Crippen molar-refractivity contribution in [2.75, 3.05) is 5.32 Å². The van der Waals surface area contributed by atoms with Crippen LogP contribution in [0.4, 0.5) is 5.69 Å². The van der Waals surface area contributed by atoms with E-state index >= 15 is 0 Å². The second kappa shape index (κ2) is 7.20. The van der Waals surface area contributed by atoms with Gasteiger partial charge in [0.15, 0.2) is 5.76 Å². The number of anilines is 1. The summed E-state index contributed by atoms with van der Waals surface area (Å²) in [6.45, 7) is 2.07. The highest BCUT2D eigenvalue weighted by atomic mass is 32.2. The number of aryl methyl sites for hydroxylation is 1. The van der Waals surface area contributed by atoms with Crippen molar-refractivity contribution in [1.29, 1.82) is 0 Å². The molecule has 0 spiro atoms. The Hall–Kier alpha value is -2.46. The SMILES string of the molecule is Cc1ccc(SCc2ccc(C(=O)Nc3ccccc3)o2)cc1. The van der Waals surface area contributed by atoms with Gasteiger partial charge in [-0.25, -0.2) is 0 Å². The van der Waals surface area contributed by atoms with Crippen molar-refractivity contribution in [2.24, 2.45) is 0 Å². The minimum absolute atomic E-state index is 0.234.